The van der Waals surface area contributed by atoms with Crippen LogP contribution in [0.4, 0.5) is 4.79 Å². The first kappa shape index (κ1) is 15.0. The third kappa shape index (κ3) is 4.99. The minimum atomic E-state index is -0.759. The van der Waals surface area contributed by atoms with E-state index in [1.165, 1.54) is 7.11 Å². The molecule has 1 rings (SSSR count). The summed E-state index contributed by atoms with van der Waals surface area (Å²) in [6.07, 6.45) is 0.0195. The molecule has 1 aromatic rings. The van der Waals surface area contributed by atoms with Crippen molar-refractivity contribution in [3.05, 3.63) is 29.8 Å². The predicted molar refractivity (Wildman–Crippen MR) is 71.2 cm³/mol. The van der Waals surface area contributed by atoms with E-state index in [9.17, 15) is 9.59 Å². The second-order valence-corrected chi connectivity index (χ2v) is 5.04. The number of hydrogen-bond acceptors (Lipinski definition) is 4. The molecule has 0 aromatic heterocycles. The zero-order chi connectivity index (χ0) is 14.5. The third-order valence-corrected chi connectivity index (χ3v) is 2.26. The van der Waals surface area contributed by atoms with E-state index >= 15 is 0 Å². The highest BCUT2D eigenvalue weighted by Crippen LogP contribution is 2.18. The van der Waals surface area contributed by atoms with Gasteiger partial charge in [-0.2, -0.15) is 0 Å². The van der Waals surface area contributed by atoms with E-state index in [0.29, 0.717) is 17.6 Å². The standard InChI is InChI=1S/C14H19NO4/c1-14(2,3)19-13(17)15-12(9-16)10-6-5-7-11(8-10)18-4/h5-9,12H,1-4H3,(H,15,17). The Morgan fingerprint density at radius 2 is 2.05 bits per heavy atom. The molecular weight excluding hydrogens is 246 g/mol. The lowest BCUT2D eigenvalue weighted by atomic mass is 10.1. The Balaban J connectivity index is 2.77. The van der Waals surface area contributed by atoms with Crippen LogP contribution < -0.4 is 10.1 Å². The quantitative estimate of drug-likeness (QED) is 0.849. The molecule has 0 aliphatic heterocycles. The Hall–Kier alpha value is -2.04. The van der Waals surface area contributed by atoms with Crippen LogP contribution in [0.2, 0.25) is 0 Å². The molecule has 1 aromatic carbocycles. The monoisotopic (exact) mass is 265 g/mol. The molecule has 1 unspecified atom stereocenters. The molecule has 0 fully saturated rings. The largest absolute Gasteiger partial charge is 0.497 e. The molecular formula is C14H19NO4. The molecule has 5 heteroatoms. The summed E-state index contributed by atoms with van der Waals surface area (Å²) in [4.78, 5) is 22.7. The minimum absolute atomic E-state index is 0.605. The predicted octanol–water partition coefficient (Wildman–Crippen LogP) is 2.46. The average molecular weight is 265 g/mol. The van der Waals surface area contributed by atoms with Crippen molar-refractivity contribution in [3.63, 3.8) is 0 Å². The molecule has 0 aliphatic carbocycles. The Labute approximate surface area is 112 Å². The Morgan fingerprint density at radius 3 is 2.58 bits per heavy atom. The lowest BCUT2D eigenvalue weighted by Gasteiger charge is -2.21. The average Bonchev–Trinajstić information content (AvgIpc) is 2.34. The molecule has 1 amide bonds. The van der Waals surface area contributed by atoms with Crippen LogP contribution in [-0.2, 0) is 9.53 Å². The fourth-order valence-corrected chi connectivity index (χ4v) is 1.47. The van der Waals surface area contributed by atoms with Gasteiger partial charge in [-0.25, -0.2) is 4.79 Å². The Kier molecular flexibility index (Phi) is 4.92. The molecule has 0 spiro atoms. The second-order valence-electron chi connectivity index (χ2n) is 5.04. The van der Waals surface area contributed by atoms with Crippen molar-refractivity contribution < 1.29 is 19.1 Å². The number of nitrogens with one attached hydrogen (secondary N) is 1. The second kappa shape index (κ2) is 6.22. The minimum Gasteiger partial charge on any atom is -0.497 e. The molecule has 1 N–H and O–H groups in total. The van der Waals surface area contributed by atoms with E-state index < -0.39 is 17.7 Å². The van der Waals surface area contributed by atoms with Gasteiger partial charge in [-0.1, -0.05) is 12.1 Å². The van der Waals surface area contributed by atoms with E-state index in [-0.39, 0.29) is 0 Å². The molecule has 19 heavy (non-hydrogen) atoms. The molecule has 104 valence electrons. The van der Waals surface area contributed by atoms with Crippen LogP contribution in [0, 0.1) is 0 Å². The number of amides is 1. The molecule has 0 saturated carbocycles. The maximum atomic E-state index is 11.6. The van der Waals surface area contributed by atoms with Crippen molar-refractivity contribution in [2.24, 2.45) is 0 Å². The first-order valence-electron chi connectivity index (χ1n) is 5.94. The van der Waals surface area contributed by atoms with Crippen LogP contribution >= 0.6 is 0 Å². The molecule has 0 saturated heterocycles. The highest BCUT2D eigenvalue weighted by Gasteiger charge is 2.20. The summed E-state index contributed by atoms with van der Waals surface area (Å²) in [5, 5.41) is 2.51. The number of aldehydes is 1. The van der Waals surface area contributed by atoms with Gasteiger partial charge in [-0.3, -0.25) is 0 Å². The van der Waals surface area contributed by atoms with Gasteiger partial charge < -0.3 is 19.6 Å². The van der Waals surface area contributed by atoms with Gasteiger partial charge in [-0.15, -0.1) is 0 Å². The summed E-state index contributed by atoms with van der Waals surface area (Å²) in [5.41, 5.74) is 0.0338. The van der Waals surface area contributed by atoms with Gasteiger partial charge >= 0.3 is 6.09 Å². The molecule has 0 heterocycles. The Bertz CT molecular complexity index is 451. The van der Waals surface area contributed by atoms with Crippen LogP contribution in [-0.4, -0.2) is 25.1 Å². The van der Waals surface area contributed by atoms with Crippen LogP contribution in [0.3, 0.4) is 0 Å². The highest BCUT2D eigenvalue weighted by atomic mass is 16.6. The summed E-state index contributed by atoms with van der Waals surface area (Å²) >= 11 is 0. The lowest BCUT2D eigenvalue weighted by molar-refractivity contribution is -0.109. The van der Waals surface area contributed by atoms with Gasteiger partial charge in [0.15, 0.2) is 0 Å². The zero-order valence-corrected chi connectivity index (χ0v) is 11.6. The summed E-state index contributed by atoms with van der Waals surface area (Å²) < 4.78 is 10.2. The van der Waals surface area contributed by atoms with E-state index in [0.717, 1.165) is 0 Å². The van der Waals surface area contributed by atoms with Crippen LogP contribution in [0.1, 0.15) is 32.4 Å². The number of rotatable bonds is 4. The van der Waals surface area contributed by atoms with Crippen molar-refractivity contribution in [2.75, 3.05) is 7.11 Å². The number of carbonyl (C=O) groups excluding carboxylic acids is 2. The molecule has 0 aliphatic rings. The fourth-order valence-electron chi connectivity index (χ4n) is 1.47. The van der Waals surface area contributed by atoms with Crippen molar-refractivity contribution in [1.82, 2.24) is 5.32 Å². The van der Waals surface area contributed by atoms with Crippen molar-refractivity contribution in [2.45, 2.75) is 32.4 Å². The molecule has 1 atom stereocenters. The van der Waals surface area contributed by atoms with Crippen LogP contribution in [0.25, 0.3) is 0 Å². The van der Waals surface area contributed by atoms with Gasteiger partial charge in [0, 0.05) is 0 Å². The van der Waals surface area contributed by atoms with Gasteiger partial charge in [0.05, 0.1) is 7.11 Å². The summed E-state index contributed by atoms with van der Waals surface area (Å²) in [7, 11) is 1.54. The van der Waals surface area contributed by atoms with E-state index in [4.69, 9.17) is 9.47 Å². The van der Waals surface area contributed by atoms with Crippen molar-refractivity contribution in [3.8, 4) is 5.75 Å². The summed E-state index contributed by atoms with van der Waals surface area (Å²) in [5.74, 6) is 0.621. The molecule has 5 nitrogen and oxygen atoms in total. The van der Waals surface area contributed by atoms with Crippen molar-refractivity contribution >= 4 is 12.4 Å². The summed E-state index contributed by atoms with van der Waals surface area (Å²) in [6, 6.07) is 6.18. The fraction of sp³-hybridized carbons (Fsp3) is 0.429. The number of carbonyl (C=O) groups is 2. The first-order valence-corrected chi connectivity index (χ1v) is 5.94. The van der Waals surface area contributed by atoms with Gasteiger partial charge in [0.1, 0.15) is 23.7 Å². The first-order chi connectivity index (χ1) is 8.85. The van der Waals surface area contributed by atoms with Gasteiger partial charge in [0.2, 0.25) is 0 Å². The number of methoxy groups -OCH3 is 1. The maximum Gasteiger partial charge on any atom is 0.408 e. The SMILES string of the molecule is COc1cccc(C(C=O)NC(=O)OC(C)(C)C)c1. The topological polar surface area (TPSA) is 64.6 Å². The highest BCUT2D eigenvalue weighted by molar-refractivity contribution is 5.74. The van der Waals surface area contributed by atoms with E-state index in [1.807, 2.05) is 0 Å². The third-order valence-electron chi connectivity index (χ3n) is 2.26. The van der Waals surface area contributed by atoms with Crippen LogP contribution in [0.5, 0.6) is 5.75 Å². The smallest absolute Gasteiger partial charge is 0.408 e. The van der Waals surface area contributed by atoms with Gasteiger partial charge in [-0.05, 0) is 38.5 Å². The maximum absolute atomic E-state index is 11.6. The number of alkyl carbamates (subject to hydrolysis) is 1. The van der Waals surface area contributed by atoms with E-state index in [1.54, 1.807) is 45.0 Å². The molecule has 0 bridgehead atoms. The van der Waals surface area contributed by atoms with Crippen molar-refractivity contribution in [1.29, 1.82) is 0 Å². The van der Waals surface area contributed by atoms with Crippen LogP contribution in [0.15, 0.2) is 24.3 Å². The van der Waals surface area contributed by atoms with E-state index in [2.05, 4.69) is 5.32 Å². The number of benzene rings is 1. The van der Waals surface area contributed by atoms with Gasteiger partial charge in [0.25, 0.3) is 0 Å². The zero-order valence-electron chi connectivity index (χ0n) is 11.6. The normalized spacial score (nSPS) is 12.4. The number of hydrogen-bond donors (Lipinski definition) is 1. The molecule has 0 radical (unpaired) electrons. The lowest BCUT2D eigenvalue weighted by Crippen LogP contribution is -2.35. The Morgan fingerprint density at radius 1 is 1.37 bits per heavy atom. The number of ether oxygens (including phenoxy) is 2. The summed E-state index contributed by atoms with van der Waals surface area (Å²) in [6.45, 7) is 5.27.